The van der Waals surface area contributed by atoms with E-state index >= 15 is 0 Å². The second-order valence-corrected chi connectivity index (χ2v) is 3.84. The molecule has 2 rings (SSSR count). The standard InChI is InChI=1S/C12H9FN4O3/c13-9-2-1-8(17(19)20)6-10(9)16-12(18)7-3-4-15-11(14)5-7/h1-6H,(H2,14,15)(H,16,18). The van der Waals surface area contributed by atoms with Gasteiger partial charge in [-0.05, 0) is 18.2 Å². The van der Waals surface area contributed by atoms with E-state index in [9.17, 15) is 19.3 Å². The number of hydrogen-bond donors (Lipinski definition) is 2. The number of nitrogens with two attached hydrogens (primary N) is 1. The van der Waals surface area contributed by atoms with Gasteiger partial charge in [0.1, 0.15) is 11.6 Å². The molecule has 0 bridgehead atoms. The zero-order chi connectivity index (χ0) is 14.7. The molecule has 1 aromatic heterocycles. The van der Waals surface area contributed by atoms with Crippen LogP contribution < -0.4 is 11.1 Å². The van der Waals surface area contributed by atoms with Gasteiger partial charge in [-0.2, -0.15) is 0 Å². The van der Waals surface area contributed by atoms with E-state index < -0.39 is 16.6 Å². The molecule has 2 aromatic rings. The fourth-order valence-electron chi connectivity index (χ4n) is 1.51. The number of amides is 1. The van der Waals surface area contributed by atoms with Crippen LogP contribution in [-0.2, 0) is 0 Å². The van der Waals surface area contributed by atoms with Gasteiger partial charge < -0.3 is 11.1 Å². The van der Waals surface area contributed by atoms with Gasteiger partial charge in [0.25, 0.3) is 11.6 Å². The van der Waals surface area contributed by atoms with Crippen molar-refractivity contribution in [3.8, 4) is 0 Å². The van der Waals surface area contributed by atoms with Crippen LogP contribution in [0.3, 0.4) is 0 Å². The van der Waals surface area contributed by atoms with E-state index in [1.165, 1.54) is 18.3 Å². The number of rotatable bonds is 3. The highest BCUT2D eigenvalue weighted by atomic mass is 19.1. The maximum Gasteiger partial charge on any atom is 0.271 e. The van der Waals surface area contributed by atoms with Crippen molar-refractivity contribution in [2.45, 2.75) is 0 Å². The van der Waals surface area contributed by atoms with Gasteiger partial charge in [-0.15, -0.1) is 0 Å². The number of nitrogen functional groups attached to an aromatic ring is 1. The predicted octanol–water partition coefficient (Wildman–Crippen LogP) is 1.96. The van der Waals surface area contributed by atoms with E-state index in [4.69, 9.17) is 5.73 Å². The lowest BCUT2D eigenvalue weighted by Gasteiger charge is -2.06. The third-order valence-electron chi connectivity index (χ3n) is 2.45. The van der Waals surface area contributed by atoms with E-state index in [2.05, 4.69) is 10.3 Å². The average molecular weight is 276 g/mol. The van der Waals surface area contributed by atoms with Crippen molar-refractivity contribution in [3.05, 3.63) is 58.0 Å². The number of nitrogens with one attached hydrogen (secondary N) is 1. The second-order valence-electron chi connectivity index (χ2n) is 3.84. The predicted molar refractivity (Wildman–Crippen MR) is 69.7 cm³/mol. The highest BCUT2D eigenvalue weighted by molar-refractivity contribution is 6.04. The van der Waals surface area contributed by atoms with Crippen LogP contribution in [0.5, 0.6) is 0 Å². The highest BCUT2D eigenvalue weighted by Gasteiger charge is 2.14. The van der Waals surface area contributed by atoms with E-state index in [1.807, 2.05) is 0 Å². The number of hydrogen-bond acceptors (Lipinski definition) is 5. The first-order valence-electron chi connectivity index (χ1n) is 5.44. The molecule has 0 unspecified atom stereocenters. The Bertz CT molecular complexity index is 690. The third-order valence-corrected chi connectivity index (χ3v) is 2.45. The zero-order valence-electron chi connectivity index (χ0n) is 10.0. The quantitative estimate of drug-likeness (QED) is 0.657. The van der Waals surface area contributed by atoms with Crippen LogP contribution in [0.4, 0.5) is 21.6 Å². The molecule has 1 amide bonds. The largest absolute Gasteiger partial charge is 0.384 e. The molecule has 0 saturated carbocycles. The molecule has 0 aliphatic rings. The monoisotopic (exact) mass is 276 g/mol. The van der Waals surface area contributed by atoms with Gasteiger partial charge in [0.15, 0.2) is 0 Å². The number of non-ortho nitro benzene ring substituents is 1. The van der Waals surface area contributed by atoms with Gasteiger partial charge in [0.05, 0.1) is 10.6 Å². The molecule has 0 atom stereocenters. The van der Waals surface area contributed by atoms with Crippen molar-refractivity contribution in [1.82, 2.24) is 4.98 Å². The van der Waals surface area contributed by atoms with Crippen LogP contribution in [0.1, 0.15) is 10.4 Å². The van der Waals surface area contributed by atoms with E-state index in [-0.39, 0.29) is 22.8 Å². The summed E-state index contributed by atoms with van der Waals surface area (Å²) in [5.74, 6) is -1.28. The Morgan fingerprint density at radius 1 is 1.35 bits per heavy atom. The molecular weight excluding hydrogens is 267 g/mol. The van der Waals surface area contributed by atoms with Crippen LogP contribution in [0, 0.1) is 15.9 Å². The van der Waals surface area contributed by atoms with Crippen molar-refractivity contribution in [1.29, 1.82) is 0 Å². The number of nitrogens with zero attached hydrogens (tertiary/aromatic N) is 2. The van der Waals surface area contributed by atoms with E-state index in [0.717, 1.165) is 18.2 Å². The summed E-state index contributed by atoms with van der Waals surface area (Å²) in [6, 6.07) is 5.56. The Kier molecular flexibility index (Phi) is 3.56. The summed E-state index contributed by atoms with van der Waals surface area (Å²) in [5, 5.41) is 12.9. The van der Waals surface area contributed by atoms with Crippen molar-refractivity contribution < 1.29 is 14.1 Å². The molecular formula is C12H9FN4O3. The molecule has 7 nitrogen and oxygen atoms in total. The second kappa shape index (κ2) is 5.31. The van der Waals surface area contributed by atoms with Crippen molar-refractivity contribution in [3.63, 3.8) is 0 Å². The van der Waals surface area contributed by atoms with Crippen molar-refractivity contribution >= 4 is 23.1 Å². The Hall–Kier alpha value is -3.03. The summed E-state index contributed by atoms with van der Waals surface area (Å²) in [6.45, 7) is 0. The van der Waals surface area contributed by atoms with Gasteiger partial charge >= 0.3 is 0 Å². The lowest BCUT2D eigenvalue weighted by Crippen LogP contribution is -2.13. The number of halogens is 1. The molecule has 0 fully saturated rings. The van der Waals surface area contributed by atoms with Crippen LogP contribution >= 0.6 is 0 Å². The number of anilines is 2. The van der Waals surface area contributed by atoms with Gasteiger partial charge in [-0.3, -0.25) is 14.9 Å². The summed E-state index contributed by atoms with van der Waals surface area (Å²) in [4.78, 5) is 25.5. The SMILES string of the molecule is Nc1cc(C(=O)Nc2cc([N+](=O)[O-])ccc2F)ccn1. The Morgan fingerprint density at radius 3 is 2.75 bits per heavy atom. The van der Waals surface area contributed by atoms with Crippen LogP contribution in [0.2, 0.25) is 0 Å². The van der Waals surface area contributed by atoms with Crippen molar-refractivity contribution in [2.75, 3.05) is 11.1 Å². The van der Waals surface area contributed by atoms with Crippen molar-refractivity contribution in [2.24, 2.45) is 0 Å². The molecule has 102 valence electrons. The first kappa shape index (κ1) is 13.4. The number of benzene rings is 1. The number of nitro benzene ring substituents is 1. The maximum absolute atomic E-state index is 13.5. The maximum atomic E-state index is 13.5. The Balaban J connectivity index is 2.27. The lowest BCUT2D eigenvalue weighted by atomic mass is 10.2. The molecule has 20 heavy (non-hydrogen) atoms. The van der Waals surface area contributed by atoms with Crippen LogP contribution in [0.25, 0.3) is 0 Å². The Labute approximate surface area is 112 Å². The molecule has 3 N–H and O–H groups in total. The van der Waals surface area contributed by atoms with E-state index in [0.29, 0.717) is 0 Å². The lowest BCUT2D eigenvalue weighted by molar-refractivity contribution is -0.384. The minimum atomic E-state index is -0.772. The fraction of sp³-hybridized carbons (Fsp3) is 0. The number of aromatic nitrogens is 1. The van der Waals surface area contributed by atoms with Crippen LogP contribution in [-0.4, -0.2) is 15.8 Å². The molecule has 0 spiro atoms. The average Bonchev–Trinajstić information content (AvgIpc) is 2.41. The number of nitro groups is 1. The van der Waals surface area contributed by atoms with E-state index in [1.54, 1.807) is 0 Å². The smallest absolute Gasteiger partial charge is 0.271 e. The number of pyridine rings is 1. The van der Waals surface area contributed by atoms with Crippen LogP contribution in [0.15, 0.2) is 36.5 Å². The summed E-state index contributed by atoms with van der Waals surface area (Å²) in [5.41, 5.74) is 5.00. The first-order chi connectivity index (χ1) is 9.47. The summed E-state index contributed by atoms with van der Waals surface area (Å²) < 4.78 is 13.5. The Morgan fingerprint density at radius 2 is 2.10 bits per heavy atom. The molecule has 0 saturated heterocycles. The summed E-state index contributed by atoms with van der Waals surface area (Å²) in [6.07, 6.45) is 1.33. The van der Waals surface area contributed by atoms with Gasteiger partial charge in [-0.1, -0.05) is 0 Å². The number of carbonyl (C=O) groups is 1. The fourth-order valence-corrected chi connectivity index (χ4v) is 1.51. The third kappa shape index (κ3) is 2.86. The molecule has 1 heterocycles. The van der Waals surface area contributed by atoms with Gasteiger partial charge in [0, 0.05) is 23.9 Å². The molecule has 8 heteroatoms. The zero-order valence-corrected chi connectivity index (χ0v) is 10.0. The van der Waals surface area contributed by atoms with Gasteiger partial charge in [0.2, 0.25) is 0 Å². The minimum Gasteiger partial charge on any atom is -0.384 e. The van der Waals surface area contributed by atoms with Gasteiger partial charge in [-0.25, -0.2) is 9.37 Å². The normalized spacial score (nSPS) is 10.1. The summed E-state index contributed by atoms with van der Waals surface area (Å²) >= 11 is 0. The molecule has 0 radical (unpaired) electrons. The first-order valence-corrected chi connectivity index (χ1v) is 5.44. The minimum absolute atomic E-state index is 0.136. The number of carbonyl (C=O) groups excluding carboxylic acids is 1. The molecule has 0 aliphatic heterocycles. The topological polar surface area (TPSA) is 111 Å². The molecule has 0 aliphatic carbocycles. The summed E-state index contributed by atoms with van der Waals surface area (Å²) in [7, 11) is 0. The molecule has 1 aromatic carbocycles. The highest BCUT2D eigenvalue weighted by Crippen LogP contribution is 2.21.